The molecule has 2 rings (SSSR count). The van der Waals surface area contributed by atoms with Crippen molar-refractivity contribution in [3.05, 3.63) is 33.8 Å². The number of carbonyl (C=O) groups is 1. The Morgan fingerprint density at radius 2 is 1.84 bits per heavy atom. The highest BCUT2D eigenvalue weighted by molar-refractivity contribution is 9.10. The second kappa shape index (κ2) is 5.54. The standard InChI is InChI=1S/C13H14BrF2NO2/c1-13(2-4-19-5-3-13)17-12(18)11-9(15)6-8(14)7-10(11)16/h6-7H,2-5H2,1H3,(H,17,18). The molecule has 0 aromatic heterocycles. The van der Waals surface area contributed by atoms with Gasteiger partial charge in [0, 0.05) is 23.2 Å². The predicted octanol–water partition coefficient (Wildman–Crippen LogP) is 3.03. The molecule has 0 saturated carbocycles. The van der Waals surface area contributed by atoms with Crippen LogP contribution in [0.5, 0.6) is 0 Å². The monoisotopic (exact) mass is 333 g/mol. The zero-order valence-corrected chi connectivity index (χ0v) is 12.0. The van der Waals surface area contributed by atoms with Gasteiger partial charge in [0.05, 0.1) is 0 Å². The number of ether oxygens (including phenoxy) is 1. The lowest BCUT2D eigenvalue weighted by Crippen LogP contribution is -2.49. The van der Waals surface area contributed by atoms with Crippen molar-refractivity contribution >= 4 is 21.8 Å². The predicted molar refractivity (Wildman–Crippen MR) is 70.0 cm³/mol. The van der Waals surface area contributed by atoms with E-state index in [1.807, 2.05) is 6.92 Å². The van der Waals surface area contributed by atoms with Gasteiger partial charge in [0.1, 0.15) is 17.2 Å². The van der Waals surface area contributed by atoms with Crippen molar-refractivity contribution in [1.82, 2.24) is 5.32 Å². The molecule has 0 bridgehead atoms. The summed E-state index contributed by atoms with van der Waals surface area (Å²) in [6.45, 7) is 2.91. The number of carbonyl (C=O) groups excluding carboxylic acids is 1. The molecule has 0 aliphatic carbocycles. The quantitative estimate of drug-likeness (QED) is 0.903. The minimum atomic E-state index is -0.875. The third kappa shape index (κ3) is 3.30. The van der Waals surface area contributed by atoms with E-state index in [4.69, 9.17) is 4.74 Å². The average Bonchev–Trinajstić information content (AvgIpc) is 2.27. The van der Waals surface area contributed by atoms with Crippen LogP contribution in [-0.4, -0.2) is 24.7 Å². The number of hydrogen-bond acceptors (Lipinski definition) is 2. The Kier molecular flexibility index (Phi) is 4.20. The van der Waals surface area contributed by atoms with E-state index in [2.05, 4.69) is 21.2 Å². The summed E-state index contributed by atoms with van der Waals surface area (Å²) in [5, 5.41) is 2.70. The van der Waals surface area contributed by atoms with Gasteiger partial charge < -0.3 is 10.1 Å². The second-order valence-corrected chi connectivity index (χ2v) is 5.79. The molecular formula is C13H14BrF2NO2. The van der Waals surface area contributed by atoms with Crippen LogP contribution in [0.4, 0.5) is 8.78 Å². The van der Waals surface area contributed by atoms with Crippen molar-refractivity contribution in [2.45, 2.75) is 25.3 Å². The highest BCUT2D eigenvalue weighted by Gasteiger charge is 2.31. The minimum absolute atomic E-state index is 0.260. The number of halogens is 3. The van der Waals surface area contributed by atoms with E-state index in [1.165, 1.54) is 0 Å². The summed E-state index contributed by atoms with van der Waals surface area (Å²) < 4.78 is 32.8. The van der Waals surface area contributed by atoms with Gasteiger partial charge >= 0.3 is 0 Å². The van der Waals surface area contributed by atoms with Gasteiger partial charge in [-0.3, -0.25) is 4.79 Å². The van der Waals surface area contributed by atoms with Gasteiger partial charge in [0.15, 0.2) is 0 Å². The first-order valence-corrected chi connectivity index (χ1v) is 6.75. The molecule has 1 heterocycles. The fourth-order valence-electron chi connectivity index (χ4n) is 2.04. The van der Waals surface area contributed by atoms with Crippen LogP contribution in [0.1, 0.15) is 30.1 Å². The molecule has 0 radical (unpaired) electrons. The van der Waals surface area contributed by atoms with Crippen molar-refractivity contribution in [3.8, 4) is 0 Å². The minimum Gasteiger partial charge on any atom is -0.381 e. The van der Waals surface area contributed by atoms with E-state index in [9.17, 15) is 13.6 Å². The van der Waals surface area contributed by atoms with Crippen LogP contribution in [0.15, 0.2) is 16.6 Å². The van der Waals surface area contributed by atoms with E-state index >= 15 is 0 Å². The Labute approximate surface area is 118 Å². The van der Waals surface area contributed by atoms with Gasteiger partial charge in [-0.05, 0) is 31.9 Å². The molecular weight excluding hydrogens is 320 g/mol. The fraction of sp³-hybridized carbons (Fsp3) is 0.462. The van der Waals surface area contributed by atoms with Gasteiger partial charge in [-0.25, -0.2) is 8.78 Å². The van der Waals surface area contributed by atoms with Crippen LogP contribution in [0.3, 0.4) is 0 Å². The smallest absolute Gasteiger partial charge is 0.257 e. The van der Waals surface area contributed by atoms with E-state index in [0.717, 1.165) is 12.1 Å². The maximum atomic E-state index is 13.7. The van der Waals surface area contributed by atoms with Crippen molar-refractivity contribution in [3.63, 3.8) is 0 Å². The van der Waals surface area contributed by atoms with E-state index in [0.29, 0.717) is 26.1 Å². The molecule has 0 unspecified atom stereocenters. The first-order chi connectivity index (χ1) is 8.91. The molecule has 104 valence electrons. The van der Waals surface area contributed by atoms with Crippen LogP contribution in [0.25, 0.3) is 0 Å². The first-order valence-electron chi connectivity index (χ1n) is 5.96. The molecule has 1 aliphatic heterocycles. The van der Waals surface area contributed by atoms with Crippen molar-refractivity contribution in [1.29, 1.82) is 0 Å². The zero-order chi connectivity index (χ0) is 14.0. The number of amides is 1. The van der Waals surface area contributed by atoms with E-state index in [-0.39, 0.29) is 4.47 Å². The fourth-order valence-corrected chi connectivity index (χ4v) is 2.44. The number of nitrogens with one attached hydrogen (secondary N) is 1. The average molecular weight is 334 g/mol. The molecule has 1 aromatic carbocycles. The first kappa shape index (κ1) is 14.4. The van der Waals surface area contributed by atoms with Crippen molar-refractivity contribution < 1.29 is 18.3 Å². The highest BCUT2D eigenvalue weighted by atomic mass is 79.9. The SMILES string of the molecule is CC1(NC(=O)c2c(F)cc(Br)cc2F)CCOCC1. The molecule has 6 heteroatoms. The van der Waals surface area contributed by atoms with Gasteiger partial charge in [-0.15, -0.1) is 0 Å². The molecule has 1 aromatic rings. The molecule has 1 N–H and O–H groups in total. The molecule has 1 fully saturated rings. The molecule has 1 amide bonds. The van der Waals surface area contributed by atoms with Crippen LogP contribution in [-0.2, 0) is 4.74 Å². The number of benzene rings is 1. The Balaban J connectivity index is 2.20. The summed E-state index contributed by atoms with van der Waals surface area (Å²) in [6, 6.07) is 2.15. The van der Waals surface area contributed by atoms with Gasteiger partial charge in [0.2, 0.25) is 0 Å². The topological polar surface area (TPSA) is 38.3 Å². The Morgan fingerprint density at radius 1 is 1.32 bits per heavy atom. The molecule has 3 nitrogen and oxygen atoms in total. The maximum Gasteiger partial charge on any atom is 0.257 e. The lowest BCUT2D eigenvalue weighted by Gasteiger charge is -2.34. The third-order valence-corrected chi connectivity index (χ3v) is 3.70. The number of hydrogen-bond donors (Lipinski definition) is 1. The van der Waals surface area contributed by atoms with Gasteiger partial charge in [0.25, 0.3) is 5.91 Å². The molecule has 1 saturated heterocycles. The molecule has 1 aliphatic rings. The van der Waals surface area contributed by atoms with E-state index < -0.39 is 28.6 Å². The second-order valence-electron chi connectivity index (χ2n) is 4.87. The van der Waals surface area contributed by atoms with Crippen LogP contribution in [0.2, 0.25) is 0 Å². The summed E-state index contributed by atoms with van der Waals surface area (Å²) in [7, 11) is 0. The molecule has 0 atom stereocenters. The zero-order valence-electron chi connectivity index (χ0n) is 10.4. The van der Waals surface area contributed by atoms with Gasteiger partial charge in [-0.2, -0.15) is 0 Å². The Morgan fingerprint density at radius 3 is 2.37 bits per heavy atom. The summed E-state index contributed by atoms with van der Waals surface area (Å²) in [6.07, 6.45) is 1.25. The lowest BCUT2D eigenvalue weighted by molar-refractivity contribution is 0.0420. The Bertz CT molecular complexity index is 478. The number of rotatable bonds is 2. The van der Waals surface area contributed by atoms with Crippen molar-refractivity contribution in [2.75, 3.05) is 13.2 Å². The van der Waals surface area contributed by atoms with Crippen molar-refractivity contribution in [2.24, 2.45) is 0 Å². The Hall–Kier alpha value is -1.01. The lowest BCUT2D eigenvalue weighted by atomic mass is 9.92. The largest absolute Gasteiger partial charge is 0.381 e. The van der Waals surface area contributed by atoms with Crippen LogP contribution >= 0.6 is 15.9 Å². The summed E-state index contributed by atoms with van der Waals surface area (Å²) in [5.74, 6) is -2.48. The summed E-state index contributed by atoms with van der Waals surface area (Å²) >= 11 is 2.98. The highest BCUT2D eigenvalue weighted by Crippen LogP contribution is 2.23. The van der Waals surface area contributed by atoms with Crippen LogP contribution < -0.4 is 5.32 Å². The summed E-state index contributed by atoms with van der Waals surface area (Å²) in [5.41, 5.74) is -1.03. The summed E-state index contributed by atoms with van der Waals surface area (Å²) in [4.78, 5) is 12.0. The molecule has 19 heavy (non-hydrogen) atoms. The van der Waals surface area contributed by atoms with E-state index in [1.54, 1.807) is 0 Å². The van der Waals surface area contributed by atoms with Crippen LogP contribution in [0, 0.1) is 11.6 Å². The maximum absolute atomic E-state index is 13.7. The van der Waals surface area contributed by atoms with Gasteiger partial charge in [-0.1, -0.05) is 15.9 Å². The normalized spacial score (nSPS) is 18.1. The third-order valence-electron chi connectivity index (χ3n) is 3.25. The molecule has 0 spiro atoms.